The molecule has 1 aliphatic rings. The maximum atomic E-state index is 12.1. The Balaban J connectivity index is 2.05. The number of halogens is 2. The van der Waals surface area contributed by atoms with Crippen LogP contribution in [0.1, 0.15) is 24.5 Å². The second-order valence-electron chi connectivity index (χ2n) is 4.47. The Bertz CT molecular complexity index is 597. The molecule has 5 heteroatoms. The van der Waals surface area contributed by atoms with Crippen LogP contribution in [-0.4, -0.2) is 11.6 Å². The van der Waals surface area contributed by atoms with Gasteiger partial charge in [-0.25, -0.2) is 0 Å². The second-order valence-corrected chi connectivity index (χ2v) is 4.47. The SMILES string of the molecule is Nc1cc(C2CC2)nc2ccc(OC(F)F)cc12. The van der Waals surface area contributed by atoms with Gasteiger partial charge in [0, 0.05) is 22.7 Å². The lowest BCUT2D eigenvalue weighted by molar-refractivity contribution is -0.0497. The molecule has 18 heavy (non-hydrogen) atoms. The zero-order valence-electron chi connectivity index (χ0n) is 9.57. The lowest BCUT2D eigenvalue weighted by Gasteiger charge is -2.08. The predicted octanol–water partition coefficient (Wildman–Crippen LogP) is 3.30. The van der Waals surface area contributed by atoms with E-state index >= 15 is 0 Å². The summed E-state index contributed by atoms with van der Waals surface area (Å²) < 4.78 is 28.6. The van der Waals surface area contributed by atoms with Gasteiger partial charge < -0.3 is 10.5 Å². The number of benzene rings is 1. The Kier molecular flexibility index (Phi) is 2.54. The molecule has 3 nitrogen and oxygen atoms in total. The highest BCUT2D eigenvalue weighted by Gasteiger charge is 2.25. The summed E-state index contributed by atoms with van der Waals surface area (Å²) in [4.78, 5) is 4.50. The van der Waals surface area contributed by atoms with Crippen LogP contribution in [0.3, 0.4) is 0 Å². The Morgan fingerprint density at radius 2 is 2.06 bits per heavy atom. The molecule has 1 aromatic heterocycles. The van der Waals surface area contributed by atoms with E-state index in [-0.39, 0.29) is 5.75 Å². The molecule has 0 saturated heterocycles. The number of aromatic nitrogens is 1. The molecule has 1 heterocycles. The van der Waals surface area contributed by atoms with Crippen LogP contribution < -0.4 is 10.5 Å². The van der Waals surface area contributed by atoms with Gasteiger partial charge in [-0.1, -0.05) is 0 Å². The highest BCUT2D eigenvalue weighted by molar-refractivity contribution is 5.91. The molecule has 0 atom stereocenters. The number of nitrogens with zero attached hydrogens (tertiary/aromatic N) is 1. The Hall–Kier alpha value is -1.91. The van der Waals surface area contributed by atoms with Gasteiger partial charge in [-0.15, -0.1) is 0 Å². The molecular weight excluding hydrogens is 238 g/mol. The van der Waals surface area contributed by atoms with Gasteiger partial charge >= 0.3 is 6.61 Å². The number of hydrogen-bond donors (Lipinski definition) is 1. The number of ether oxygens (including phenoxy) is 1. The normalized spacial score (nSPS) is 15.3. The number of nitrogen functional groups attached to an aromatic ring is 1. The van der Waals surface area contributed by atoms with Gasteiger partial charge in [0.15, 0.2) is 0 Å². The summed E-state index contributed by atoms with van der Waals surface area (Å²) in [7, 11) is 0. The first-order chi connectivity index (χ1) is 8.63. The number of hydrogen-bond acceptors (Lipinski definition) is 3. The second kappa shape index (κ2) is 4.08. The van der Waals surface area contributed by atoms with Gasteiger partial charge in [-0.05, 0) is 37.1 Å². The average molecular weight is 250 g/mol. The van der Waals surface area contributed by atoms with Gasteiger partial charge in [0.05, 0.1) is 5.52 Å². The van der Waals surface area contributed by atoms with Crippen LogP contribution in [0.4, 0.5) is 14.5 Å². The summed E-state index contributed by atoms with van der Waals surface area (Å²) in [6.07, 6.45) is 2.29. The predicted molar refractivity (Wildman–Crippen MR) is 64.8 cm³/mol. The zero-order valence-corrected chi connectivity index (χ0v) is 9.57. The standard InChI is InChI=1S/C13H12F2N2O/c14-13(15)18-8-3-4-11-9(5-8)10(16)6-12(17-11)7-1-2-7/h3-7,13H,1-2H2,(H2,16,17). The molecule has 3 rings (SSSR count). The largest absolute Gasteiger partial charge is 0.435 e. The third kappa shape index (κ3) is 2.08. The van der Waals surface area contributed by atoms with E-state index in [9.17, 15) is 8.78 Å². The third-order valence-electron chi connectivity index (χ3n) is 3.05. The number of fused-ring (bicyclic) bond motifs is 1. The molecule has 0 bridgehead atoms. The quantitative estimate of drug-likeness (QED) is 0.909. The van der Waals surface area contributed by atoms with Crippen molar-refractivity contribution in [2.75, 3.05) is 5.73 Å². The van der Waals surface area contributed by atoms with Crippen molar-refractivity contribution in [3.05, 3.63) is 30.0 Å². The van der Waals surface area contributed by atoms with Gasteiger partial charge in [-0.2, -0.15) is 8.78 Å². The average Bonchev–Trinajstić information content (AvgIpc) is 3.12. The molecule has 1 saturated carbocycles. The maximum absolute atomic E-state index is 12.1. The highest BCUT2D eigenvalue weighted by atomic mass is 19.3. The number of rotatable bonds is 3. The third-order valence-corrected chi connectivity index (χ3v) is 3.05. The van der Waals surface area contributed by atoms with Crippen molar-refractivity contribution in [2.24, 2.45) is 0 Å². The molecule has 0 amide bonds. The maximum Gasteiger partial charge on any atom is 0.387 e. The van der Waals surface area contributed by atoms with E-state index < -0.39 is 6.61 Å². The molecule has 1 aromatic carbocycles. The fourth-order valence-corrected chi connectivity index (χ4v) is 2.02. The van der Waals surface area contributed by atoms with Gasteiger partial charge in [0.1, 0.15) is 5.75 Å². The Morgan fingerprint density at radius 1 is 1.28 bits per heavy atom. The van der Waals surface area contributed by atoms with E-state index in [1.54, 1.807) is 6.07 Å². The number of anilines is 1. The van der Waals surface area contributed by atoms with E-state index in [2.05, 4.69) is 9.72 Å². The van der Waals surface area contributed by atoms with E-state index in [1.807, 2.05) is 6.07 Å². The topological polar surface area (TPSA) is 48.1 Å². The van der Waals surface area contributed by atoms with Crippen molar-refractivity contribution in [3.63, 3.8) is 0 Å². The lowest BCUT2D eigenvalue weighted by atomic mass is 10.1. The summed E-state index contributed by atoms with van der Waals surface area (Å²) in [5.74, 6) is 0.610. The van der Waals surface area contributed by atoms with E-state index in [0.717, 1.165) is 24.1 Å². The summed E-state index contributed by atoms with van der Waals surface area (Å²) in [6, 6.07) is 6.47. The molecule has 1 aliphatic carbocycles. The first-order valence-corrected chi connectivity index (χ1v) is 5.78. The lowest BCUT2D eigenvalue weighted by Crippen LogP contribution is -2.02. The van der Waals surface area contributed by atoms with Crippen LogP contribution in [0, 0.1) is 0 Å². The minimum atomic E-state index is -2.83. The van der Waals surface area contributed by atoms with Crippen LogP contribution in [0.25, 0.3) is 10.9 Å². The molecular formula is C13H12F2N2O. The minimum Gasteiger partial charge on any atom is -0.435 e. The molecule has 2 N–H and O–H groups in total. The summed E-state index contributed by atoms with van der Waals surface area (Å²) in [5.41, 5.74) is 8.21. The number of pyridine rings is 1. The summed E-state index contributed by atoms with van der Waals surface area (Å²) >= 11 is 0. The van der Waals surface area contributed by atoms with E-state index in [4.69, 9.17) is 5.73 Å². The summed E-state index contributed by atoms with van der Waals surface area (Å²) in [5, 5.41) is 0.651. The fourth-order valence-electron chi connectivity index (χ4n) is 2.02. The first kappa shape index (κ1) is 11.2. The molecule has 0 radical (unpaired) electrons. The Labute approximate surface area is 103 Å². The van der Waals surface area contributed by atoms with Crippen LogP contribution in [0.15, 0.2) is 24.3 Å². The van der Waals surface area contributed by atoms with Gasteiger partial charge in [0.25, 0.3) is 0 Å². The monoisotopic (exact) mass is 250 g/mol. The number of nitrogens with two attached hydrogens (primary N) is 1. The number of alkyl halides is 2. The zero-order chi connectivity index (χ0) is 12.7. The van der Waals surface area contributed by atoms with Crippen molar-refractivity contribution in [1.29, 1.82) is 0 Å². The van der Waals surface area contributed by atoms with E-state index in [1.165, 1.54) is 12.1 Å². The molecule has 0 unspecified atom stereocenters. The molecule has 2 aromatic rings. The van der Waals surface area contributed by atoms with Crippen molar-refractivity contribution in [2.45, 2.75) is 25.4 Å². The van der Waals surface area contributed by atoms with Gasteiger partial charge in [0.2, 0.25) is 0 Å². The fraction of sp³-hybridized carbons (Fsp3) is 0.308. The van der Waals surface area contributed by atoms with Crippen molar-refractivity contribution < 1.29 is 13.5 Å². The Morgan fingerprint density at radius 3 is 2.72 bits per heavy atom. The minimum absolute atomic E-state index is 0.102. The van der Waals surface area contributed by atoms with Crippen molar-refractivity contribution in [3.8, 4) is 5.75 Å². The molecule has 0 aliphatic heterocycles. The molecule has 0 spiro atoms. The van der Waals surface area contributed by atoms with Crippen LogP contribution in [-0.2, 0) is 0 Å². The van der Waals surface area contributed by atoms with Gasteiger partial charge in [-0.3, -0.25) is 4.98 Å². The van der Waals surface area contributed by atoms with Crippen LogP contribution in [0.5, 0.6) is 5.75 Å². The van der Waals surface area contributed by atoms with Crippen LogP contribution in [0.2, 0.25) is 0 Å². The van der Waals surface area contributed by atoms with Crippen molar-refractivity contribution >= 4 is 16.6 Å². The van der Waals surface area contributed by atoms with E-state index in [0.29, 0.717) is 17.0 Å². The smallest absolute Gasteiger partial charge is 0.387 e. The highest BCUT2D eigenvalue weighted by Crippen LogP contribution is 2.40. The van der Waals surface area contributed by atoms with Crippen molar-refractivity contribution in [1.82, 2.24) is 4.98 Å². The first-order valence-electron chi connectivity index (χ1n) is 5.78. The van der Waals surface area contributed by atoms with Crippen LogP contribution >= 0.6 is 0 Å². The molecule has 1 fully saturated rings. The summed E-state index contributed by atoms with van der Waals surface area (Å²) in [6.45, 7) is -2.83. The molecule has 94 valence electrons.